The van der Waals surface area contributed by atoms with Gasteiger partial charge in [-0.25, -0.2) is 0 Å². The molecule has 0 saturated heterocycles. The zero-order valence-electron chi connectivity index (χ0n) is 9.94. The molecule has 0 bridgehead atoms. The molecule has 0 aliphatic carbocycles. The van der Waals surface area contributed by atoms with Gasteiger partial charge in [-0.1, -0.05) is 78.6 Å². The van der Waals surface area contributed by atoms with E-state index in [0.29, 0.717) is 0 Å². The van der Waals surface area contributed by atoms with Gasteiger partial charge in [0.25, 0.3) is 0 Å². The Morgan fingerprint density at radius 1 is 0.615 bits per heavy atom. The first kappa shape index (κ1) is 13.0. The molecule has 0 unspecified atom stereocenters. The molecule has 80 valence electrons. The zero-order chi connectivity index (χ0) is 9.94. The monoisotopic (exact) mass is 184 g/mol. The topological polar surface area (TPSA) is 0 Å². The van der Waals surface area contributed by atoms with Gasteiger partial charge in [0.05, 0.1) is 0 Å². The smallest absolute Gasteiger partial charge is 0.0414 e. The van der Waals surface area contributed by atoms with Crippen LogP contribution < -0.4 is 0 Å². The lowest BCUT2D eigenvalue weighted by atomic mass is 9.92. The first-order valence-electron chi connectivity index (χ1n) is 6.35. The van der Waals surface area contributed by atoms with Crippen LogP contribution in [0.25, 0.3) is 0 Å². The maximum absolute atomic E-state index is 2.31. The van der Waals surface area contributed by atoms with E-state index in [-0.39, 0.29) is 0 Å². The molecule has 0 aromatic heterocycles. The lowest BCUT2D eigenvalue weighted by Gasteiger charge is -2.14. The molecule has 0 rings (SSSR count). The fraction of sp³-hybridized carbons (Fsp3) is 1.00. The van der Waals surface area contributed by atoms with Crippen molar-refractivity contribution in [3.8, 4) is 0 Å². The molecule has 0 radical (unpaired) electrons. The highest BCUT2D eigenvalue weighted by molar-refractivity contribution is 4.58. The van der Waals surface area contributed by atoms with Crippen LogP contribution >= 0.6 is 0 Å². The molecule has 0 fully saturated rings. The lowest BCUT2D eigenvalue weighted by molar-refractivity contribution is 0.392. The normalized spacial score (nSPS) is 11.1. The molecule has 0 nitrogen and oxygen atoms in total. The Morgan fingerprint density at radius 2 is 1.23 bits per heavy atom. The van der Waals surface area contributed by atoms with Crippen LogP contribution in [-0.4, -0.2) is 0 Å². The summed E-state index contributed by atoms with van der Waals surface area (Å²) in [6, 6.07) is 0. The predicted octanol–water partition coefficient (Wildman–Crippen LogP) is 5.17. The second kappa shape index (κ2) is 10.1. The Bertz CT molecular complexity index is 80.0. The summed E-state index contributed by atoms with van der Waals surface area (Å²) in [7, 11) is 0. The number of rotatable bonds is 9. The molecule has 0 saturated carbocycles. The van der Waals surface area contributed by atoms with Crippen molar-refractivity contribution in [2.45, 2.75) is 78.6 Å². The Kier molecular flexibility index (Phi) is 10.1. The highest BCUT2D eigenvalue weighted by Gasteiger charge is 2.05. The van der Waals surface area contributed by atoms with Crippen molar-refractivity contribution in [2.24, 2.45) is 5.92 Å². The van der Waals surface area contributed by atoms with Gasteiger partial charge in [0.15, 0.2) is 0 Å². The van der Waals surface area contributed by atoms with Crippen LogP contribution in [-0.2, 0) is 0 Å². The van der Waals surface area contributed by atoms with E-state index in [4.69, 9.17) is 0 Å². The van der Waals surface area contributed by atoms with Crippen molar-refractivity contribution in [1.29, 1.82) is 0 Å². The van der Waals surface area contributed by atoms with Crippen molar-refractivity contribution in [3.05, 3.63) is 0 Å². The number of unbranched alkanes of at least 4 members (excludes halogenated alkanes) is 3. The second-order valence-electron chi connectivity index (χ2n) is 4.29. The van der Waals surface area contributed by atoms with Gasteiger partial charge < -0.3 is 0 Å². The average Bonchev–Trinajstić information content (AvgIpc) is 2.13. The summed E-state index contributed by atoms with van der Waals surface area (Å²) in [5.41, 5.74) is 0. The largest absolute Gasteiger partial charge is 0.0654 e. The number of hydrogen-bond acceptors (Lipinski definition) is 0. The van der Waals surface area contributed by atoms with Crippen molar-refractivity contribution in [1.82, 2.24) is 0 Å². The molecule has 0 aromatic carbocycles. The standard InChI is InChI=1S/C13H28/c1-4-7-8-9-12-13(10-5-2)11-6-3/h13H,4-12H2,1-3H3. The Balaban J connectivity index is 3.33. The maximum Gasteiger partial charge on any atom is -0.0414 e. The second-order valence-corrected chi connectivity index (χ2v) is 4.29. The third kappa shape index (κ3) is 8.33. The van der Waals surface area contributed by atoms with E-state index in [2.05, 4.69) is 20.8 Å². The minimum absolute atomic E-state index is 1.03. The molecule has 0 heterocycles. The summed E-state index contributed by atoms with van der Waals surface area (Å²) in [6.07, 6.45) is 12.9. The maximum atomic E-state index is 2.31. The Morgan fingerprint density at radius 3 is 1.69 bits per heavy atom. The van der Waals surface area contributed by atoms with Crippen LogP contribution in [0.3, 0.4) is 0 Å². The van der Waals surface area contributed by atoms with Gasteiger partial charge in [-0.3, -0.25) is 0 Å². The van der Waals surface area contributed by atoms with Crippen LogP contribution in [0, 0.1) is 5.92 Å². The molecule has 0 atom stereocenters. The third-order valence-electron chi connectivity index (χ3n) is 2.86. The van der Waals surface area contributed by atoms with Crippen LogP contribution in [0.2, 0.25) is 0 Å². The Hall–Kier alpha value is 0. The van der Waals surface area contributed by atoms with Crippen molar-refractivity contribution in [3.63, 3.8) is 0 Å². The first-order chi connectivity index (χ1) is 6.35. The van der Waals surface area contributed by atoms with Crippen molar-refractivity contribution in [2.75, 3.05) is 0 Å². The van der Waals surface area contributed by atoms with Crippen LogP contribution in [0.15, 0.2) is 0 Å². The SMILES string of the molecule is CCCCCCC(CCC)CCC. The predicted molar refractivity (Wildman–Crippen MR) is 62.1 cm³/mol. The fourth-order valence-corrected chi connectivity index (χ4v) is 2.11. The molecule has 13 heavy (non-hydrogen) atoms. The van der Waals surface area contributed by atoms with Gasteiger partial charge in [0.1, 0.15) is 0 Å². The van der Waals surface area contributed by atoms with Crippen molar-refractivity contribution >= 4 is 0 Å². The van der Waals surface area contributed by atoms with E-state index in [9.17, 15) is 0 Å². The molecule has 0 spiro atoms. The van der Waals surface area contributed by atoms with E-state index >= 15 is 0 Å². The summed E-state index contributed by atoms with van der Waals surface area (Å²) in [6.45, 7) is 6.92. The van der Waals surface area contributed by atoms with E-state index in [1.54, 1.807) is 0 Å². The quantitative estimate of drug-likeness (QED) is 0.433. The van der Waals surface area contributed by atoms with Gasteiger partial charge in [0.2, 0.25) is 0 Å². The highest BCUT2D eigenvalue weighted by Crippen LogP contribution is 2.20. The summed E-state index contributed by atoms with van der Waals surface area (Å²) in [4.78, 5) is 0. The highest BCUT2D eigenvalue weighted by atomic mass is 14.1. The first-order valence-corrected chi connectivity index (χ1v) is 6.35. The minimum Gasteiger partial charge on any atom is -0.0654 e. The molecule has 0 aromatic rings. The van der Waals surface area contributed by atoms with Gasteiger partial charge in [-0.2, -0.15) is 0 Å². The van der Waals surface area contributed by atoms with E-state index < -0.39 is 0 Å². The molecule has 0 heteroatoms. The summed E-state index contributed by atoms with van der Waals surface area (Å²) >= 11 is 0. The van der Waals surface area contributed by atoms with E-state index in [0.717, 1.165) is 5.92 Å². The van der Waals surface area contributed by atoms with Gasteiger partial charge in [-0.05, 0) is 5.92 Å². The van der Waals surface area contributed by atoms with Gasteiger partial charge in [0, 0.05) is 0 Å². The van der Waals surface area contributed by atoms with Gasteiger partial charge in [-0.15, -0.1) is 0 Å². The number of hydrogen-bond donors (Lipinski definition) is 0. The Labute approximate surface area is 85.1 Å². The molecule has 0 amide bonds. The molecule has 0 N–H and O–H groups in total. The average molecular weight is 184 g/mol. The molecular weight excluding hydrogens is 156 g/mol. The van der Waals surface area contributed by atoms with Crippen molar-refractivity contribution < 1.29 is 0 Å². The lowest BCUT2D eigenvalue weighted by Crippen LogP contribution is -1.99. The zero-order valence-corrected chi connectivity index (χ0v) is 9.94. The third-order valence-corrected chi connectivity index (χ3v) is 2.86. The summed E-state index contributed by atoms with van der Waals surface area (Å²) in [5.74, 6) is 1.03. The molecule has 0 aliphatic heterocycles. The molecule has 0 aliphatic rings. The van der Waals surface area contributed by atoms with Gasteiger partial charge >= 0.3 is 0 Å². The molecular formula is C13H28. The van der Waals surface area contributed by atoms with E-state index in [1.807, 2.05) is 0 Å². The van der Waals surface area contributed by atoms with Crippen LogP contribution in [0.5, 0.6) is 0 Å². The summed E-state index contributed by atoms with van der Waals surface area (Å²) in [5, 5.41) is 0. The van der Waals surface area contributed by atoms with Crippen LogP contribution in [0.4, 0.5) is 0 Å². The minimum atomic E-state index is 1.03. The van der Waals surface area contributed by atoms with Crippen LogP contribution in [0.1, 0.15) is 78.6 Å². The van der Waals surface area contributed by atoms with E-state index in [1.165, 1.54) is 57.8 Å². The fourth-order valence-electron chi connectivity index (χ4n) is 2.11. The summed E-state index contributed by atoms with van der Waals surface area (Å²) < 4.78 is 0.